The maximum absolute atomic E-state index is 12.7. The van der Waals surface area contributed by atoms with Gasteiger partial charge in [0.05, 0.1) is 12.1 Å². The number of nitrogens with two attached hydrogens (primary N) is 1. The third kappa shape index (κ3) is 3.60. The van der Waals surface area contributed by atoms with E-state index in [1.807, 2.05) is 6.92 Å². The highest BCUT2D eigenvalue weighted by atomic mass is 32.1. The minimum atomic E-state index is -0.400. The van der Waals surface area contributed by atoms with Crippen LogP contribution in [-0.2, 0) is 19.6 Å². The molecule has 3 N–H and O–H groups in total. The summed E-state index contributed by atoms with van der Waals surface area (Å²) in [6, 6.07) is 0. The molecule has 0 spiro atoms. The first-order valence-electron chi connectivity index (χ1n) is 8.29. The Morgan fingerprint density at radius 1 is 1.25 bits per heavy atom. The van der Waals surface area contributed by atoms with Gasteiger partial charge in [0, 0.05) is 37.6 Å². The fraction of sp³-hybridized carbons (Fsp3) is 0.625. The number of nitrogens with one attached hydrogen (secondary N) is 1. The Labute approximate surface area is 144 Å². The molecule has 0 radical (unpaired) electrons. The van der Waals surface area contributed by atoms with E-state index in [9.17, 15) is 14.0 Å². The van der Waals surface area contributed by atoms with Crippen molar-refractivity contribution in [1.29, 1.82) is 0 Å². The van der Waals surface area contributed by atoms with Crippen molar-refractivity contribution in [3.63, 3.8) is 0 Å². The minimum absolute atomic E-state index is 0.238. The van der Waals surface area contributed by atoms with Crippen molar-refractivity contribution < 1.29 is 4.39 Å². The van der Waals surface area contributed by atoms with Gasteiger partial charge in [0.2, 0.25) is 0 Å². The topological polar surface area (TPSA) is 82.0 Å². The number of halogens is 1. The third-order valence-corrected chi connectivity index (χ3v) is 5.40. The fourth-order valence-electron chi connectivity index (χ4n) is 2.75. The van der Waals surface area contributed by atoms with E-state index in [0.29, 0.717) is 55.8 Å². The van der Waals surface area contributed by atoms with Gasteiger partial charge < -0.3 is 11.1 Å². The number of thiophene rings is 1. The molecule has 0 aliphatic rings. The van der Waals surface area contributed by atoms with E-state index < -0.39 is 6.67 Å². The van der Waals surface area contributed by atoms with Crippen LogP contribution in [0.1, 0.15) is 30.2 Å². The number of fused-ring (bicyclic) bond motifs is 1. The van der Waals surface area contributed by atoms with E-state index in [1.165, 1.54) is 15.9 Å². The number of rotatable bonds is 9. The van der Waals surface area contributed by atoms with Crippen LogP contribution in [0.5, 0.6) is 0 Å². The lowest BCUT2D eigenvalue weighted by Gasteiger charge is -2.10. The highest BCUT2D eigenvalue weighted by Gasteiger charge is 2.19. The van der Waals surface area contributed by atoms with E-state index in [4.69, 9.17) is 5.73 Å². The van der Waals surface area contributed by atoms with Crippen LogP contribution in [0.25, 0.3) is 10.2 Å². The smallest absolute Gasteiger partial charge is 0.329 e. The van der Waals surface area contributed by atoms with E-state index in [1.54, 1.807) is 11.5 Å². The molecule has 2 rings (SSSR count). The highest BCUT2D eigenvalue weighted by molar-refractivity contribution is 7.18. The van der Waals surface area contributed by atoms with Crippen LogP contribution in [0.2, 0.25) is 0 Å². The van der Waals surface area contributed by atoms with Gasteiger partial charge in [-0.2, -0.15) is 0 Å². The van der Waals surface area contributed by atoms with E-state index >= 15 is 0 Å². The largest absolute Gasteiger partial charge is 0.332 e. The van der Waals surface area contributed by atoms with Gasteiger partial charge in [-0.1, -0.05) is 0 Å². The predicted octanol–water partition coefficient (Wildman–Crippen LogP) is 1.35. The Morgan fingerprint density at radius 2 is 2.00 bits per heavy atom. The van der Waals surface area contributed by atoms with Crippen molar-refractivity contribution in [3.05, 3.63) is 31.3 Å². The summed E-state index contributed by atoms with van der Waals surface area (Å²) >= 11 is 1.46. The van der Waals surface area contributed by atoms with Gasteiger partial charge in [-0.05, 0) is 32.3 Å². The number of unbranched alkanes of at least 4 members (excludes halogenated alkanes) is 1. The van der Waals surface area contributed by atoms with E-state index in [-0.39, 0.29) is 11.2 Å². The Hall–Kier alpha value is -1.51. The summed E-state index contributed by atoms with van der Waals surface area (Å²) in [5, 5.41) is 3.83. The SMILES string of the molecule is CCn1c(=O)c2c(C)c(CNCCN)sc2n(CCCCF)c1=O. The summed E-state index contributed by atoms with van der Waals surface area (Å²) in [4.78, 5) is 27.0. The number of aryl methyl sites for hydroxylation is 2. The molecular formula is C16H25FN4O2S. The van der Waals surface area contributed by atoms with Crippen molar-refractivity contribution in [2.45, 2.75) is 46.3 Å². The highest BCUT2D eigenvalue weighted by Crippen LogP contribution is 2.28. The van der Waals surface area contributed by atoms with Crippen LogP contribution in [0.4, 0.5) is 4.39 Å². The monoisotopic (exact) mass is 356 g/mol. The zero-order chi connectivity index (χ0) is 17.7. The molecule has 0 aliphatic carbocycles. The average molecular weight is 356 g/mol. The standard InChI is InChI=1S/C16H25FN4O2S/c1-3-20-14(22)13-11(2)12(10-19-8-7-18)24-15(13)21(16(20)23)9-5-4-6-17/h19H,3-10,18H2,1-2H3. The second kappa shape index (κ2) is 8.55. The second-order valence-electron chi connectivity index (χ2n) is 5.68. The molecule has 6 nitrogen and oxygen atoms in total. The molecule has 0 saturated heterocycles. The van der Waals surface area contributed by atoms with E-state index in [0.717, 1.165) is 10.4 Å². The lowest BCUT2D eigenvalue weighted by molar-refractivity contribution is 0.444. The van der Waals surface area contributed by atoms with Gasteiger partial charge in [0.25, 0.3) is 5.56 Å². The zero-order valence-electron chi connectivity index (χ0n) is 14.2. The lowest BCUT2D eigenvalue weighted by atomic mass is 10.2. The maximum Gasteiger partial charge on any atom is 0.332 e. The Kier molecular flexibility index (Phi) is 6.70. The lowest BCUT2D eigenvalue weighted by Crippen LogP contribution is -2.39. The van der Waals surface area contributed by atoms with Crippen LogP contribution in [0.3, 0.4) is 0 Å². The molecule has 0 amide bonds. The van der Waals surface area contributed by atoms with Crippen molar-refractivity contribution in [2.75, 3.05) is 19.8 Å². The normalized spacial score (nSPS) is 11.5. The summed E-state index contributed by atoms with van der Waals surface area (Å²) in [5.74, 6) is 0. The number of nitrogens with zero attached hydrogens (tertiary/aromatic N) is 2. The number of hydrogen-bond acceptors (Lipinski definition) is 5. The average Bonchev–Trinajstić information content (AvgIpc) is 2.88. The molecule has 0 aromatic carbocycles. The van der Waals surface area contributed by atoms with Crippen LogP contribution in [0.15, 0.2) is 9.59 Å². The molecule has 0 bridgehead atoms. The van der Waals surface area contributed by atoms with Gasteiger partial charge in [0.15, 0.2) is 0 Å². The Balaban J connectivity index is 2.58. The third-order valence-electron chi connectivity index (χ3n) is 4.08. The Bertz CT molecular complexity index is 809. The molecule has 2 heterocycles. The van der Waals surface area contributed by atoms with Crippen molar-refractivity contribution in [1.82, 2.24) is 14.5 Å². The quantitative estimate of drug-likeness (QED) is 0.665. The van der Waals surface area contributed by atoms with Crippen molar-refractivity contribution >= 4 is 21.6 Å². The molecule has 8 heteroatoms. The summed E-state index contributed by atoms with van der Waals surface area (Å²) < 4.78 is 15.3. The number of aromatic nitrogens is 2. The number of hydrogen-bond donors (Lipinski definition) is 2. The Morgan fingerprint density at radius 3 is 2.62 bits per heavy atom. The molecule has 24 heavy (non-hydrogen) atoms. The van der Waals surface area contributed by atoms with Gasteiger partial charge in [-0.3, -0.25) is 18.3 Å². The van der Waals surface area contributed by atoms with Crippen LogP contribution >= 0.6 is 11.3 Å². The first-order valence-corrected chi connectivity index (χ1v) is 9.10. The van der Waals surface area contributed by atoms with E-state index in [2.05, 4.69) is 5.32 Å². The van der Waals surface area contributed by atoms with Crippen LogP contribution < -0.4 is 22.3 Å². The predicted molar refractivity (Wildman–Crippen MR) is 96.7 cm³/mol. The van der Waals surface area contributed by atoms with Gasteiger partial charge >= 0.3 is 5.69 Å². The van der Waals surface area contributed by atoms with Gasteiger partial charge in [-0.25, -0.2) is 4.79 Å². The minimum Gasteiger partial charge on any atom is -0.329 e. The summed E-state index contributed by atoms with van der Waals surface area (Å²) in [7, 11) is 0. The summed E-state index contributed by atoms with van der Waals surface area (Å²) in [5.41, 5.74) is 5.85. The molecule has 2 aromatic heterocycles. The molecule has 134 valence electrons. The summed E-state index contributed by atoms with van der Waals surface area (Å²) in [6.45, 7) is 5.90. The van der Waals surface area contributed by atoms with Crippen LogP contribution in [-0.4, -0.2) is 28.9 Å². The molecule has 0 saturated carbocycles. The first kappa shape index (κ1) is 18.8. The molecular weight excluding hydrogens is 331 g/mol. The molecule has 0 unspecified atom stereocenters. The van der Waals surface area contributed by atoms with Crippen LogP contribution in [0, 0.1) is 6.92 Å². The van der Waals surface area contributed by atoms with Crippen molar-refractivity contribution in [3.8, 4) is 0 Å². The van der Waals surface area contributed by atoms with Crippen molar-refractivity contribution in [2.24, 2.45) is 5.73 Å². The molecule has 2 aromatic rings. The zero-order valence-corrected chi connectivity index (χ0v) is 15.0. The fourth-order valence-corrected chi connectivity index (χ4v) is 4.04. The maximum atomic E-state index is 12.7. The summed E-state index contributed by atoms with van der Waals surface area (Å²) in [6.07, 6.45) is 0.986. The number of alkyl halides is 1. The molecule has 0 aliphatic heterocycles. The second-order valence-corrected chi connectivity index (χ2v) is 6.76. The molecule has 0 fully saturated rings. The molecule has 0 atom stereocenters. The van der Waals surface area contributed by atoms with Gasteiger partial charge in [-0.15, -0.1) is 11.3 Å². The first-order chi connectivity index (χ1) is 11.6. The van der Waals surface area contributed by atoms with Gasteiger partial charge in [0.1, 0.15) is 4.83 Å².